The van der Waals surface area contributed by atoms with Gasteiger partial charge in [-0.2, -0.15) is 0 Å². The molecule has 4 rings (SSSR count). The number of fused-ring (bicyclic) bond motifs is 1. The first-order valence-electron chi connectivity index (χ1n) is 7.73. The van der Waals surface area contributed by atoms with Crippen LogP contribution in [0.2, 0.25) is 0 Å². The van der Waals surface area contributed by atoms with Gasteiger partial charge in [-0.3, -0.25) is 4.98 Å². The second kappa shape index (κ2) is 5.50. The van der Waals surface area contributed by atoms with Crippen LogP contribution >= 0.6 is 0 Å². The van der Waals surface area contributed by atoms with E-state index in [4.69, 9.17) is 9.47 Å². The third kappa shape index (κ3) is 2.20. The molecule has 1 unspecified atom stereocenters. The van der Waals surface area contributed by atoms with Gasteiger partial charge in [0.2, 0.25) is 0 Å². The lowest BCUT2D eigenvalue weighted by atomic mass is 10.1. The maximum absolute atomic E-state index is 5.55. The summed E-state index contributed by atoms with van der Waals surface area (Å²) in [5, 5.41) is 9.39. The van der Waals surface area contributed by atoms with Crippen LogP contribution in [-0.4, -0.2) is 19.2 Å². The van der Waals surface area contributed by atoms with Gasteiger partial charge in [0.15, 0.2) is 5.76 Å². The van der Waals surface area contributed by atoms with Gasteiger partial charge in [0.05, 0.1) is 19.9 Å². The van der Waals surface area contributed by atoms with Gasteiger partial charge in [0.25, 0.3) is 0 Å². The minimum absolute atomic E-state index is 0.0625. The first kappa shape index (κ1) is 13.9. The van der Waals surface area contributed by atoms with E-state index in [-0.39, 0.29) is 6.17 Å². The Bertz CT molecular complexity index is 821. The number of benzene rings is 1. The number of nitrogens with one attached hydrogen (secondary N) is 2. The van der Waals surface area contributed by atoms with Crippen LogP contribution in [0.5, 0.6) is 0 Å². The van der Waals surface area contributed by atoms with Gasteiger partial charge in [0.1, 0.15) is 17.6 Å². The van der Waals surface area contributed by atoms with Crippen molar-refractivity contribution < 1.29 is 9.47 Å². The van der Waals surface area contributed by atoms with Crippen LogP contribution in [0.4, 0.5) is 0 Å². The van der Waals surface area contributed by atoms with Crippen LogP contribution in [0.1, 0.15) is 24.7 Å². The number of allylic oxidation sites excluding steroid dienone is 2. The summed E-state index contributed by atoms with van der Waals surface area (Å²) < 4.78 is 11.0. The average molecular weight is 309 g/mol. The van der Waals surface area contributed by atoms with E-state index in [1.54, 1.807) is 14.2 Å². The predicted octanol–water partition coefficient (Wildman–Crippen LogP) is 2.94. The van der Waals surface area contributed by atoms with Crippen LogP contribution in [0.3, 0.4) is 0 Å². The number of pyridine rings is 1. The Kier molecular flexibility index (Phi) is 3.33. The fourth-order valence-corrected chi connectivity index (χ4v) is 3.33. The summed E-state index contributed by atoms with van der Waals surface area (Å²) in [7, 11) is 3.36. The number of ether oxygens (including phenoxy) is 2. The third-order valence-corrected chi connectivity index (χ3v) is 4.42. The Morgan fingerprint density at radius 1 is 1.04 bits per heavy atom. The number of methoxy groups -OCH3 is 2. The Morgan fingerprint density at radius 2 is 1.91 bits per heavy atom. The average Bonchev–Trinajstić information content (AvgIpc) is 3.04. The van der Waals surface area contributed by atoms with Gasteiger partial charge in [-0.25, -0.2) is 0 Å². The van der Waals surface area contributed by atoms with Gasteiger partial charge in [-0.1, -0.05) is 24.3 Å². The molecule has 1 atom stereocenters. The van der Waals surface area contributed by atoms with E-state index in [1.165, 1.54) is 5.39 Å². The van der Waals surface area contributed by atoms with E-state index in [1.807, 2.05) is 24.4 Å². The first-order valence-corrected chi connectivity index (χ1v) is 7.73. The van der Waals surface area contributed by atoms with Crippen molar-refractivity contribution in [3.05, 3.63) is 65.1 Å². The minimum atomic E-state index is -0.0625. The lowest BCUT2D eigenvalue weighted by Gasteiger charge is -2.19. The van der Waals surface area contributed by atoms with E-state index < -0.39 is 0 Å². The molecule has 0 bridgehead atoms. The Labute approximate surface area is 135 Å². The van der Waals surface area contributed by atoms with Crippen LogP contribution < -0.4 is 10.6 Å². The number of rotatable bonds is 3. The molecule has 23 heavy (non-hydrogen) atoms. The fraction of sp³-hybridized carbons (Fsp3) is 0.278. The van der Waals surface area contributed by atoms with Gasteiger partial charge in [-0.05, 0) is 17.9 Å². The molecule has 2 heterocycles. The zero-order valence-electron chi connectivity index (χ0n) is 13.2. The Morgan fingerprint density at radius 3 is 2.74 bits per heavy atom. The number of aromatic nitrogens is 1. The summed E-state index contributed by atoms with van der Waals surface area (Å²) in [5.41, 5.74) is 3.13. The van der Waals surface area contributed by atoms with Crippen LogP contribution in [0.15, 0.2) is 59.4 Å². The Hall–Kier alpha value is -2.69. The third-order valence-electron chi connectivity index (χ3n) is 4.42. The van der Waals surface area contributed by atoms with Gasteiger partial charge in [0, 0.05) is 23.7 Å². The molecule has 1 aliphatic carbocycles. The highest BCUT2D eigenvalue weighted by Gasteiger charge is 2.33. The van der Waals surface area contributed by atoms with E-state index in [9.17, 15) is 0 Å². The van der Waals surface area contributed by atoms with Gasteiger partial charge < -0.3 is 20.1 Å². The van der Waals surface area contributed by atoms with Gasteiger partial charge in [-0.15, -0.1) is 0 Å². The SMILES string of the molecule is COC1=C(OC)C2=C(CC1)NC(c1nccc3ccccc13)N2. The van der Waals surface area contributed by atoms with E-state index >= 15 is 0 Å². The highest BCUT2D eigenvalue weighted by atomic mass is 16.5. The topological polar surface area (TPSA) is 55.4 Å². The molecule has 2 aliphatic rings. The van der Waals surface area contributed by atoms with Crippen molar-refractivity contribution in [2.45, 2.75) is 19.0 Å². The van der Waals surface area contributed by atoms with E-state index in [0.717, 1.165) is 46.8 Å². The highest BCUT2D eigenvalue weighted by Crippen LogP contribution is 2.35. The predicted molar refractivity (Wildman–Crippen MR) is 88.1 cm³/mol. The molecule has 1 aromatic heterocycles. The lowest BCUT2D eigenvalue weighted by Crippen LogP contribution is -2.25. The summed E-state index contributed by atoms with van der Waals surface area (Å²) in [4.78, 5) is 4.60. The Balaban J connectivity index is 1.71. The fourth-order valence-electron chi connectivity index (χ4n) is 3.33. The second-order valence-corrected chi connectivity index (χ2v) is 5.65. The van der Waals surface area contributed by atoms with Crippen molar-refractivity contribution in [3.63, 3.8) is 0 Å². The van der Waals surface area contributed by atoms with Crippen LogP contribution in [0.25, 0.3) is 10.8 Å². The largest absolute Gasteiger partial charge is 0.497 e. The molecule has 0 spiro atoms. The van der Waals surface area contributed by atoms with Crippen molar-refractivity contribution in [1.82, 2.24) is 15.6 Å². The molecule has 2 N–H and O–H groups in total. The quantitative estimate of drug-likeness (QED) is 0.913. The number of hydrogen-bond donors (Lipinski definition) is 2. The summed E-state index contributed by atoms with van der Waals surface area (Å²) in [6, 6.07) is 10.3. The second-order valence-electron chi connectivity index (χ2n) is 5.65. The molecule has 0 saturated carbocycles. The monoisotopic (exact) mass is 309 g/mol. The maximum atomic E-state index is 5.55. The van der Waals surface area contributed by atoms with E-state index in [0.29, 0.717) is 0 Å². The molecular weight excluding hydrogens is 290 g/mol. The van der Waals surface area contributed by atoms with Crippen molar-refractivity contribution >= 4 is 10.8 Å². The molecule has 5 heteroatoms. The minimum Gasteiger partial charge on any atom is -0.497 e. The highest BCUT2D eigenvalue weighted by molar-refractivity contribution is 5.84. The molecule has 1 aliphatic heterocycles. The van der Waals surface area contributed by atoms with Crippen molar-refractivity contribution in [3.8, 4) is 0 Å². The van der Waals surface area contributed by atoms with E-state index in [2.05, 4.69) is 27.8 Å². The molecule has 2 aromatic rings. The molecule has 0 amide bonds. The molecule has 0 saturated heterocycles. The number of nitrogens with zero attached hydrogens (tertiary/aromatic N) is 1. The van der Waals surface area contributed by atoms with Crippen molar-refractivity contribution in [1.29, 1.82) is 0 Å². The molecule has 1 aromatic carbocycles. The summed E-state index contributed by atoms with van der Waals surface area (Å²) in [5.74, 6) is 1.66. The molecule has 5 nitrogen and oxygen atoms in total. The van der Waals surface area contributed by atoms with Crippen LogP contribution in [-0.2, 0) is 9.47 Å². The zero-order chi connectivity index (χ0) is 15.8. The molecule has 0 radical (unpaired) electrons. The van der Waals surface area contributed by atoms with Crippen molar-refractivity contribution in [2.75, 3.05) is 14.2 Å². The zero-order valence-corrected chi connectivity index (χ0v) is 13.2. The summed E-state index contributed by atoms with van der Waals surface area (Å²) in [6.07, 6.45) is 3.53. The lowest BCUT2D eigenvalue weighted by molar-refractivity contribution is 0.211. The standard InChI is InChI=1S/C18H19N3O2/c1-22-14-8-7-13-16(17(14)23-2)21-18(20-13)15-12-6-4-3-5-11(12)9-10-19-15/h3-6,9-10,18,20-21H,7-8H2,1-2H3. The molecular formula is C18H19N3O2. The molecule has 0 fully saturated rings. The number of hydrogen-bond acceptors (Lipinski definition) is 5. The maximum Gasteiger partial charge on any atom is 0.181 e. The summed E-state index contributed by atoms with van der Waals surface area (Å²) in [6.45, 7) is 0. The summed E-state index contributed by atoms with van der Waals surface area (Å²) >= 11 is 0. The van der Waals surface area contributed by atoms with Crippen molar-refractivity contribution in [2.24, 2.45) is 0 Å². The smallest absolute Gasteiger partial charge is 0.181 e. The van der Waals surface area contributed by atoms with Crippen LogP contribution in [0, 0.1) is 0 Å². The molecule has 118 valence electrons. The van der Waals surface area contributed by atoms with Gasteiger partial charge >= 0.3 is 0 Å². The first-order chi connectivity index (χ1) is 11.3. The normalized spacial score (nSPS) is 20.2.